The molecule has 0 bridgehead atoms. The molecular weight excluding hydrogens is 921 g/mol. The summed E-state index contributed by atoms with van der Waals surface area (Å²) < 4.78 is 51.4. The number of anilines is 4. The summed E-state index contributed by atoms with van der Waals surface area (Å²) in [6.07, 6.45) is 1.24. The molecule has 0 heterocycles. The van der Waals surface area contributed by atoms with Crippen LogP contribution in [0.1, 0.15) is 72.2 Å². The summed E-state index contributed by atoms with van der Waals surface area (Å²) in [5.74, 6) is 0. The van der Waals surface area contributed by atoms with E-state index in [-0.39, 0.29) is 4.90 Å². The summed E-state index contributed by atoms with van der Waals surface area (Å²) in [5.41, 5.74) is 14.5. The van der Waals surface area contributed by atoms with Crippen LogP contribution in [0.15, 0.2) is 180 Å². The highest BCUT2D eigenvalue weighted by Gasteiger charge is 2.15. The maximum absolute atomic E-state index is 11.8. The second-order valence-corrected chi connectivity index (χ2v) is 21.4. The molecule has 0 aliphatic rings. The predicted octanol–water partition coefficient (Wildman–Crippen LogP) is 13.5. The predicted molar refractivity (Wildman–Crippen MR) is 300 cm³/mol. The van der Waals surface area contributed by atoms with Crippen molar-refractivity contribution in [2.24, 2.45) is 0 Å². The van der Waals surface area contributed by atoms with Gasteiger partial charge in [-0.3, -0.25) is 4.18 Å². The largest absolute Gasteiger partial charge is 0.385 e. The van der Waals surface area contributed by atoms with Crippen LogP contribution in [0.4, 0.5) is 22.7 Å². The Hall–Kier alpha value is -6.40. The number of rotatable bonds is 17. The van der Waals surface area contributed by atoms with Crippen LogP contribution in [-0.4, -0.2) is 56.4 Å². The van der Waals surface area contributed by atoms with Gasteiger partial charge in [-0.1, -0.05) is 103 Å². The molecule has 0 aromatic heterocycles. The fourth-order valence-electron chi connectivity index (χ4n) is 7.83. The van der Waals surface area contributed by atoms with Gasteiger partial charge >= 0.3 is 0 Å². The molecule has 0 radical (unpaired) electrons. The third-order valence-electron chi connectivity index (χ3n) is 11.6. The number of hydrogen-bond donors (Lipinski definition) is 1. The molecule has 71 heavy (non-hydrogen) atoms. The summed E-state index contributed by atoms with van der Waals surface area (Å²) in [5, 5.41) is 3.25. The summed E-state index contributed by atoms with van der Waals surface area (Å²) in [7, 11) is -5.64. The van der Waals surface area contributed by atoms with Crippen molar-refractivity contribution in [1.29, 1.82) is 0 Å². The monoisotopic (exact) mass is 997 g/mol. The van der Waals surface area contributed by atoms with Crippen molar-refractivity contribution < 1.29 is 21.0 Å². The number of nitrogens with zero attached hydrogens (tertiary/aromatic N) is 3. The van der Waals surface area contributed by atoms with E-state index in [1.54, 1.807) is 36.4 Å². The van der Waals surface area contributed by atoms with E-state index >= 15 is 0 Å². The molecular formula is C60H76N4O5S2. The van der Waals surface area contributed by atoms with Gasteiger partial charge < -0.3 is 20.0 Å². The van der Waals surface area contributed by atoms with Crippen molar-refractivity contribution >= 4 is 42.7 Å². The third kappa shape index (κ3) is 19.4. The van der Waals surface area contributed by atoms with Crippen molar-refractivity contribution in [1.82, 2.24) is 0 Å². The molecule has 7 aromatic carbocycles. The SMILES string of the molecule is CCN(Cc1cccc(C)c1)c1cccc(C)c1.CCN(Cc1cccc(S(=O)(=O)OC)c1)c1cccc(C)c1.CCN(Cc1cccc(S(C)(=O)=O)c1)c1cccc(C)c1.CCNc1cccc(C)c1. The minimum Gasteiger partial charge on any atom is -0.385 e. The molecule has 7 aromatic rings. The molecule has 1 N–H and O–H groups in total. The quantitative estimate of drug-likeness (QED) is 0.0894. The third-order valence-corrected chi connectivity index (χ3v) is 14.0. The van der Waals surface area contributed by atoms with Crippen LogP contribution in [0.25, 0.3) is 0 Å². The van der Waals surface area contributed by atoms with Crippen LogP contribution < -0.4 is 20.0 Å². The number of aryl methyl sites for hydroxylation is 5. The highest BCUT2D eigenvalue weighted by molar-refractivity contribution is 7.90. The summed E-state index contributed by atoms with van der Waals surface area (Å²) in [4.78, 5) is 7.40. The van der Waals surface area contributed by atoms with Gasteiger partial charge in [-0.15, -0.1) is 0 Å². The highest BCUT2D eigenvalue weighted by atomic mass is 32.2. The van der Waals surface area contributed by atoms with Crippen LogP contribution >= 0.6 is 0 Å². The molecule has 11 heteroatoms. The normalized spacial score (nSPS) is 10.9. The van der Waals surface area contributed by atoms with Crippen LogP contribution in [0.5, 0.6) is 0 Å². The van der Waals surface area contributed by atoms with Crippen LogP contribution in [0.3, 0.4) is 0 Å². The van der Waals surface area contributed by atoms with E-state index in [2.05, 4.69) is 196 Å². The summed E-state index contributed by atoms with van der Waals surface area (Å²) in [6.45, 7) is 25.0. The smallest absolute Gasteiger partial charge is 0.296 e. The van der Waals surface area contributed by atoms with Gasteiger partial charge in [0.15, 0.2) is 9.84 Å². The molecule has 9 nitrogen and oxygen atoms in total. The van der Waals surface area contributed by atoms with Gasteiger partial charge in [-0.2, -0.15) is 8.42 Å². The van der Waals surface area contributed by atoms with Gasteiger partial charge in [0.2, 0.25) is 0 Å². The lowest BCUT2D eigenvalue weighted by atomic mass is 10.1. The fraction of sp³-hybridized carbons (Fsp3) is 0.300. The lowest BCUT2D eigenvalue weighted by Crippen LogP contribution is -2.22. The minimum atomic E-state index is -3.65. The fourth-order valence-corrected chi connectivity index (χ4v) is 9.26. The zero-order valence-electron chi connectivity index (χ0n) is 43.8. The molecule has 0 spiro atoms. The lowest BCUT2D eigenvalue weighted by molar-refractivity contribution is 0.397. The molecule has 0 aliphatic carbocycles. The second kappa shape index (κ2) is 28.4. The van der Waals surface area contributed by atoms with E-state index in [4.69, 9.17) is 0 Å². The average Bonchev–Trinajstić information content (AvgIpc) is 3.35. The van der Waals surface area contributed by atoms with E-state index in [9.17, 15) is 16.8 Å². The van der Waals surface area contributed by atoms with Crippen molar-refractivity contribution in [3.05, 3.63) is 214 Å². The number of benzene rings is 7. The van der Waals surface area contributed by atoms with Crippen molar-refractivity contribution in [2.75, 3.05) is 59.6 Å². The highest BCUT2D eigenvalue weighted by Crippen LogP contribution is 2.23. The van der Waals surface area contributed by atoms with Crippen LogP contribution in [0.2, 0.25) is 0 Å². The van der Waals surface area contributed by atoms with E-state index in [0.29, 0.717) is 18.0 Å². The van der Waals surface area contributed by atoms with Gasteiger partial charge in [-0.25, -0.2) is 8.42 Å². The van der Waals surface area contributed by atoms with Crippen molar-refractivity contribution in [3.8, 4) is 0 Å². The Bertz CT molecular complexity index is 2960. The Labute approximate surface area is 427 Å². The first-order valence-electron chi connectivity index (χ1n) is 24.4. The Morgan fingerprint density at radius 2 is 0.761 bits per heavy atom. The Kier molecular flexibility index (Phi) is 22.9. The number of sulfone groups is 1. The Morgan fingerprint density at radius 3 is 1.11 bits per heavy atom. The molecule has 0 saturated carbocycles. The molecule has 0 amide bonds. The maximum atomic E-state index is 11.8. The van der Waals surface area contributed by atoms with Crippen molar-refractivity contribution in [2.45, 2.75) is 91.7 Å². The van der Waals surface area contributed by atoms with Crippen LogP contribution in [0, 0.1) is 34.6 Å². The Morgan fingerprint density at radius 1 is 0.423 bits per heavy atom. The Balaban J connectivity index is 0.000000212. The molecule has 0 fully saturated rings. The van der Waals surface area contributed by atoms with Gasteiger partial charge in [0.05, 0.1) is 16.9 Å². The zero-order chi connectivity index (χ0) is 52.0. The van der Waals surface area contributed by atoms with Gasteiger partial charge in [-0.05, 0) is 174 Å². The van der Waals surface area contributed by atoms with Crippen molar-refractivity contribution in [3.63, 3.8) is 0 Å². The molecule has 0 unspecified atom stereocenters. The lowest BCUT2D eigenvalue weighted by Gasteiger charge is -2.24. The first-order valence-corrected chi connectivity index (χ1v) is 27.7. The van der Waals surface area contributed by atoms with E-state index in [1.807, 2.05) is 24.3 Å². The van der Waals surface area contributed by atoms with E-state index < -0.39 is 20.0 Å². The first kappa shape index (κ1) is 57.2. The molecule has 0 aliphatic heterocycles. The van der Waals surface area contributed by atoms with Gasteiger partial charge in [0, 0.05) is 74.8 Å². The molecule has 0 atom stereocenters. The van der Waals surface area contributed by atoms with Gasteiger partial charge in [0.1, 0.15) is 0 Å². The maximum Gasteiger partial charge on any atom is 0.296 e. The van der Waals surface area contributed by atoms with Gasteiger partial charge in [0.25, 0.3) is 10.1 Å². The summed E-state index contributed by atoms with van der Waals surface area (Å²) in [6, 6.07) is 56.5. The topological polar surface area (TPSA) is 99.3 Å². The van der Waals surface area contributed by atoms with E-state index in [1.165, 1.54) is 58.1 Å². The molecule has 0 saturated heterocycles. The molecule has 378 valence electrons. The first-order chi connectivity index (χ1) is 33.9. The molecule has 7 rings (SSSR count). The standard InChI is InChI=1S/C17H21NO3S.C17H21NO2S.C17H21N.C9H13N/c1-4-18(16-9-5-7-14(2)11-16)13-15-8-6-10-17(12-15)22(19,20)21-3;1-4-18(16-9-5-7-14(2)11-16)13-15-8-6-10-17(12-15)21(3,19)20;1-4-18(17-10-6-8-15(3)12-17)13-16-9-5-7-14(2)11-16;1-3-10-9-6-4-5-8(2)7-9/h5-12H,4,13H2,1-3H3;5-12H,4,13H2,1-3H3;5-12H,4,13H2,1-3H3;4-7,10H,3H2,1-2H3. The van der Waals surface area contributed by atoms with E-state index in [0.717, 1.165) is 55.2 Å². The van der Waals surface area contributed by atoms with Crippen LogP contribution in [-0.2, 0) is 43.8 Å². The summed E-state index contributed by atoms with van der Waals surface area (Å²) >= 11 is 0. The average molecular weight is 997 g/mol. The number of nitrogens with one attached hydrogen (secondary N) is 1. The second-order valence-electron chi connectivity index (χ2n) is 17.6. The minimum absolute atomic E-state index is 0.188. The zero-order valence-corrected chi connectivity index (χ0v) is 45.4. The number of hydrogen-bond acceptors (Lipinski definition) is 9.